The fraction of sp³-hybridized carbons (Fsp3) is 0.500. The van der Waals surface area contributed by atoms with Gasteiger partial charge in [-0.3, -0.25) is 4.79 Å². The number of amides is 1. The molecule has 0 radical (unpaired) electrons. The third kappa shape index (κ3) is 5.67. The van der Waals surface area contributed by atoms with E-state index >= 15 is 0 Å². The number of hydrogen-bond acceptors (Lipinski definition) is 6. The standard InChI is InChI=1S/C18H23FN4OS2/c1-12-4-2-3-5-15(12)21-16(24)11-25-18-23-22-17(26-18)20-10-13-6-8-14(19)9-7-13/h6-9,12,15H,2-5,10-11H2,1H3,(H,20,22)(H,21,24). The minimum absolute atomic E-state index is 0.0600. The topological polar surface area (TPSA) is 66.9 Å². The molecule has 1 aliphatic rings. The number of carbonyl (C=O) groups is 1. The van der Waals surface area contributed by atoms with Crippen molar-refractivity contribution in [3.05, 3.63) is 35.6 Å². The molecule has 1 fully saturated rings. The summed E-state index contributed by atoms with van der Waals surface area (Å²) in [4.78, 5) is 12.2. The predicted octanol–water partition coefficient (Wildman–Crippen LogP) is 4.08. The quantitative estimate of drug-likeness (QED) is 0.693. The summed E-state index contributed by atoms with van der Waals surface area (Å²) in [6.45, 7) is 2.76. The summed E-state index contributed by atoms with van der Waals surface area (Å²) in [5.74, 6) is 0.728. The van der Waals surface area contributed by atoms with Gasteiger partial charge in [0.1, 0.15) is 5.82 Å². The van der Waals surface area contributed by atoms with Crippen molar-refractivity contribution >= 4 is 34.1 Å². The van der Waals surface area contributed by atoms with Crippen LogP contribution in [0.2, 0.25) is 0 Å². The highest BCUT2D eigenvalue weighted by atomic mass is 32.2. The van der Waals surface area contributed by atoms with Crippen molar-refractivity contribution in [2.75, 3.05) is 11.1 Å². The van der Waals surface area contributed by atoms with E-state index in [1.54, 1.807) is 12.1 Å². The minimum atomic E-state index is -0.246. The van der Waals surface area contributed by atoms with Gasteiger partial charge in [0.05, 0.1) is 5.75 Å². The molecule has 1 aromatic carbocycles. The van der Waals surface area contributed by atoms with Gasteiger partial charge in [-0.05, 0) is 36.5 Å². The number of anilines is 1. The van der Waals surface area contributed by atoms with Gasteiger partial charge in [0, 0.05) is 12.6 Å². The third-order valence-electron chi connectivity index (χ3n) is 4.55. The monoisotopic (exact) mass is 394 g/mol. The Labute approximate surface area is 161 Å². The normalized spacial score (nSPS) is 19.9. The molecular formula is C18H23FN4OS2. The smallest absolute Gasteiger partial charge is 0.230 e. The molecule has 1 aromatic heterocycles. The zero-order valence-corrected chi connectivity index (χ0v) is 16.3. The molecule has 2 N–H and O–H groups in total. The first-order chi connectivity index (χ1) is 12.6. The van der Waals surface area contributed by atoms with Gasteiger partial charge in [0.25, 0.3) is 0 Å². The lowest BCUT2D eigenvalue weighted by molar-refractivity contribution is -0.119. The van der Waals surface area contributed by atoms with Gasteiger partial charge >= 0.3 is 0 Å². The lowest BCUT2D eigenvalue weighted by Crippen LogP contribution is -2.41. The molecule has 2 unspecified atom stereocenters. The Morgan fingerprint density at radius 1 is 1.27 bits per heavy atom. The van der Waals surface area contributed by atoms with E-state index in [1.165, 1.54) is 54.5 Å². The van der Waals surface area contributed by atoms with Crippen LogP contribution in [-0.2, 0) is 11.3 Å². The Bertz CT molecular complexity index is 722. The second-order valence-corrected chi connectivity index (χ2v) is 8.78. The van der Waals surface area contributed by atoms with Gasteiger partial charge < -0.3 is 10.6 Å². The number of thioether (sulfide) groups is 1. The van der Waals surface area contributed by atoms with Crippen LogP contribution in [0.25, 0.3) is 0 Å². The van der Waals surface area contributed by atoms with Crippen LogP contribution in [0.15, 0.2) is 28.6 Å². The highest BCUT2D eigenvalue weighted by Crippen LogP contribution is 2.27. The molecule has 1 heterocycles. The molecule has 26 heavy (non-hydrogen) atoms. The average molecular weight is 395 g/mol. The van der Waals surface area contributed by atoms with Crippen molar-refractivity contribution in [2.24, 2.45) is 5.92 Å². The maximum atomic E-state index is 12.9. The summed E-state index contributed by atoms with van der Waals surface area (Å²) in [6, 6.07) is 6.64. The van der Waals surface area contributed by atoms with Gasteiger partial charge in [-0.1, -0.05) is 55.0 Å². The highest BCUT2D eigenvalue weighted by molar-refractivity contribution is 8.01. The molecular weight excluding hydrogens is 371 g/mol. The number of rotatable bonds is 7. The molecule has 0 bridgehead atoms. The Balaban J connectivity index is 1.41. The number of carbonyl (C=O) groups excluding carboxylic acids is 1. The zero-order valence-electron chi connectivity index (χ0n) is 14.7. The van der Waals surface area contributed by atoms with Crippen LogP contribution < -0.4 is 10.6 Å². The maximum absolute atomic E-state index is 12.9. The molecule has 3 rings (SSSR count). The Morgan fingerprint density at radius 3 is 2.81 bits per heavy atom. The fourth-order valence-electron chi connectivity index (χ4n) is 3.03. The average Bonchev–Trinajstić information content (AvgIpc) is 3.09. The number of hydrogen-bond donors (Lipinski definition) is 2. The van der Waals surface area contributed by atoms with Crippen LogP contribution in [-0.4, -0.2) is 27.9 Å². The Morgan fingerprint density at radius 2 is 2.04 bits per heavy atom. The summed E-state index contributed by atoms with van der Waals surface area (Å²) in [5.41, 5.74) is 0.969. The number of nitrogens with zero attached hydrogens (tertiary/aromatic N) is 2. The van der Waals surface area contributed by atoms with Crippen molar-refractivity contribution in [3.63, 3.8) is 0 Å². The fourth-order valence-corrected chi connectivity index (χ4v) is 4.58. The third-order valence-corrected chi connectivity index (χ3v) is 6.56. The molecule has 2 atom stereocenters. The highest BCUT2D eigenvalue weighted by Gasteiger charge is 2.22. The molecule has 0 spiro atoms. The lowest BCUT2D eigenvalue weighted by Gasteiger charge is -2.29. The van der Waals surface area contributed by atoms with E-state index in [2.05, 4.69) is 27.8 Å². The molecule has 1 saturated carbocycles. The summed E-state index contributed by atoms with van der Waals surface area (Å²) < 4.78 is 13.7. The van der Waals surface area contributed by atoms with Crippen molar-refractivity contribution in [1.29, 1.82) is 0 Å². The summed E-state index contributed by atoms with van der Waals surface area (Å²) in [5, 5.41) is 15.2. The molecule has 8 heteroatoms. The van der Waals surface area contributed by atoms with E-state index in [9.17, 15) is 9.18 Å². The number of aromatic nitrogens is 2. The van der Waals surface area contributed by atoms with E-state index in [1.807, 2.05) is 0 Å². The number of halogens is 1. The molecule has 0 saturated heterocycles. The van der Waals surface area contributed by atoms with Crippen LogP contribution >= 0.6 is 23.1 Å². The van der Waals surface area contributed by atoms with E-state index in [-0.39, 0.29) is 11.7 Å². The van der Waals surface area contributed by atoms with E-state index < -0.39 is 0 Å². The second kappa shape index (κ2) is 9.32. The summed E-state index contributed by atoms with van der Waals surface area (Å²) in [6.07, 6.45) is 4.73. The Hall–Kier alpha value is -1.67. The molecule has 1 amide bonds. The van der Waals surface area contributed by atoms with Crippen LogP contribution in [0.5, 0.6) is 0 Å². The zero-order chi connectivity index (χ0) is 18.4. The van der Waals surface area contributed by atoms with Gasteiger partial charge in [0.2, 0.25) is 11.0 Å². The number of benzene rings is 1. The van der Waals surface area contributed by atoms with Crippen LogP contribution in [0, 0.1) is 11.7 Å². The molecule has 2 aromatic rings. The van der Waals surface area contributed by atoms with Crippen molar-refractivity contribution in [2.45, 2.75) is 49.5 Å². The van der Waals surface area contributed by atoms with Gasteiger partial charge in [0.15, 0.2) is 4.34 Å². The van der Waals surface area contributed by atoms with Crippen molar-refractivity contribution in [1.82, 2.24) is 15.5 Å². The largest absolute Gasteiger partial charge is 0.356 e. The summed E-state index contributed by atoms with van der Waals surface area (Å²) in [7, 11) is 0. The van der Waals surface area contributed by atoms with Crippen LogP contribution in [0.4, 0.5) is 9.52 Å². The minimum Gasteiger partial charge on any atom is -0.356 e. The van der Waals surface area contributed by atoms with E-state index in [4.69, 9.17) is 0 Å². The van der Waals surface area contributed by atoms with E-state index in [0.29, 0.717) is 29.4 Å². The Kier molecular flexibility index (Phi) is 6.85. The second-order valence-electron chi connectivity index (χ2n) is 6.58. The first-order valence-corrected chi connectivity index (χ1v) is 10.6. The van der Waals surface area contributed by atoms with E-state index in [0.717, 1.165) is 16.3 Å². The van der Waals surface area contributed by atoms with Gasteiger partial charge in [-0.2, -0.15) is 0 Å². The molecule has 0 aliphatic heterocycles. The van der Waals surface area contributed by atoms with Gasteiger partial charge in [-0.25, -0.2) is 4.39 Å². The van der Waals surface area contributed by atoms with Crippen LogP contribution in [0.1, 0.15) is 38.2 Å². The van der Waals surface area contributed by atoms with Gasteiger partial charge in [-0.15, -0.1) is 10.2 Å². The molecule has 140 valence electrons. The first kappa shape index (κ1) is 19.1. The molecule has 5 nitrogen and oxygen atoms in total. The predicted molar refractivity (Wildman–Crippen MR) is 104 cm³/mol. The first-order valence-electron chi connectivity index (χ1n) is 8.84. The summed E-state index contributed by atoms with van der Waals surface area (Å²) >= 11 is 2.83. The number of nitrogens with one attached hydrogen (secondary N) is 2. The maximum Gasteiger partial charge on any atom is 0.230 e. The molecule has 1 aliphatic carbocycles. The SMILES string of the molecule is CC1CCCCC1NC(=O)CSc1nnc(NCc2ccc(F)cc2)s1. The van der Waals surface area contributed by atoms with Crippen LogP contribution in [0.3, 0.4) is 0 Å². The van der Waals surface area contributed by atoms with Crippen molar-refractivity contribution in [3.8, 4) is 0 Å². The van der Waals surface area contributed by atoms with Crippen molar-refractivity contribution < 1.29 is 9.18 Å². The lowest BCUT2D eigenvalue weighted by atomic mass is 9.86.